The van der Waals surface area contributed by atoms with Crippen LogP contribution in [-0.2, 0) is 10.5 Å². The van der Waals surface area contributed by atoms with E-state index in [1.807, 2.05) is 37.3 Å². The second-order valence-electron chi connectivity index (χ2n) is 9.11. The molecule has 1 N–H and O–H groups in total. The molecular formula is C27H20FN3O4S. The van der Waals surface area contributed by atoms with Gasteiger partial charge in [-0.2, -0.15) is 8.42 Å². The van der Waals surface area contributed by atoms with Crippen LogP contribution in [0.25, 0.3) is 44.0 Å². The summed E-state index contributed by atoms with van der Waals surface area (Å²) in [7, 11) is -5.18. The summed E-state index contributed by atoms with van der Waals surface area (Å²) in [6.07, 6.45) is 11.3. The second kappa shape index (κ2) is 7.93. The van der Waals surface area contributed by atoms with Gasteiger partial charge in [-0.3, -0.25) is 9.78 Å². The Balaban J connectivity index is 1.66. The van der Waals surface area contributed by atoms with E-state index in [0.29, 0.717) is 16.3 Å². The van der Waals surface area contributed by atoms with Gasteiger partial charge < -0.3 is 13.7 Å². The average molecular weight is 502 g/mol. The van der Waals surface area contributed by atoms with Crippen LogP contribution in [0.5, 0.6) is 5.75 Å². The van der Waals surface area contributed by atoms with Gasteiger partial charge in [-0.1, -0.05) is 15.9 Å². The van der Waals surface area contributed by atoms with Gasteiger partial charge in [0, 0.05) is 39.7 Å². The lowest BCUT2D eigenvalue weighted by molar-refractivity contribution is 0.327. The zero-order valence-electron chi connectivity index (χ0n) is 19.2. The van der Waals surface area contributed by atoms with Crippen molar-refractivity contribution in [2.75, 3.05) is 0 Å². The quantitative estimate of drug-likeness (QED) is 0.266. The van der Waals surface area contributed by atoms with Gasteiger partial charge >= 0.3 is 10.5 Å². The van der Waals surface area contributed by atoms with E-state index in [2.05, 4.69) is 24.6 Å². The SMILES string of the molecule is C#Cc1ccc2c(c1)[nH]c1c2c(=O)c2cc(C)c(-c3cncc(OS(=O)(=O)F)c3)cc2n1C1CCC1. The highest BCUT2D eigenvalue weighted by molar-refractivity contribution is 7.81. The highest BCUT2D eigenvalue weighted by Gasteiger charge is 2.26. The molecule has 6 rings (SSSR count). The Morgan fingerprint density at radius 2 is 1.97 bits per heavy atom. The van der Waals surface area contributed by atoms with Gasteiger partial charge in [0.2, 0.25) is 0 Å². The first-order valence-corrected chi connectivity index (χ1v) is 12.7. The van der Waals surface area contributed by atoms with Crippen molar-refractivity contribution >= 4 is 43.3 Å². The second-order valence-corrected chi connectivity index (χ2v) is 10.1. The summed E-state index contributed by atoms with van der Waals surface area (Å²) >= 11 is 0. The van der Waals surface area contributed by atoms with E-state index in [1.165, 1.54) is 6.07 Å². The van der Waals surface area contributed by atoms with Crippen LogP contribution in [0.4, 0.5) is 3.89 Å². The Hall–Kier alpha value is -4.16. The van der Waals surface area contributed by atoms with E-state index in [1.54, 1.807) is 6.20 Å². The third kappa shape index (κ3) is 3.53. The molecule has 0 radical (unpaired) electrons. The number of halogens is 1. The van der Waals surface area contributed by atoms with Crippen LogP contribution < -0.4 is 9.61 Å². The number of terminal acetylenes is 1. The molecule has 1 aliphatic rings. The monoisotopic (exact) mass is 501 g/mol. The summed E-state index contributed by atoms with van der Waals surface area (Å²) in [5.41, 5.74) is 5.01. The molecule has 1 fully saturated rings. The Labute approximate surface area is 206 Å². The van der Waals surface area contributed by atoms with Gasteiger partial charge in [0.15, 0.2) is 11.2 Å². The van der Waals surface area contributed by atoms with Crippen molar-refractivity contribution in [3.63, 3.8) is 0 Å². The number of hydrogen-bond donors (Lipinski definition) is 1. The van der Waals surface area contributed by atoms with Crippen LogP contribution in [-0.4, -0.2) is 23.0 Å². The maximum atomic E-state index is 13.8. The molecular weight excluding hydrogens is 481 g/mol. The van der Waals surface area contributed by atoms with Crippen molar-refractivity contribution in [1.82, 2.24) is 14.5 Å². The minimum Gasteiger partial charge on any atom is -0.357 e. The van der Waals surface area contributed by atoms with Gasteiger partial charge in [0.1, 0.15) is 5.65 Å². The van der Waals surface area contributed by atoms with Gasteiger partial charge in [-0.25, -0.2) is 0 Å². The summed E-state index contributed by atoms with van der Waals surface area (Å²) in [5, 5.41) is 2.04. The first-order chi connectivity index (χ1) is 17.2. The number of pyridine rings is 2. The van der Waals surface area contributed by atoms with E-state index in [9.17, 15) is 17.1 Å². The van der Waals surface area contributed by atoms with Crippen LogP contribution in [0, 0.1) is 19.3 Å². The molecule has 180 valence electrons. The number of H-pyrrole nitrogens is 1. The lowest BCUT2D eigenvalue weighted by Crippen LogP contribution is -2.21. The number of aromatic amines is 1. The number of rotatable bonds is 4. The Morgan fingerprint density at radius 1 is 1.17 bits per heavy atom. The van der Waals surface area contributed by atoms with Gasteiger partial charge in [-0.15, -0.1) is 6.42 Å². The number of aromatic nitrogens is 3. The lowest BCUT2D eigenvalue weighted by atomic mass is 9.91. The highest BCUT2D eigenvalue weighted by atomic mass is 32.3. The fourth-order valence-electron chi connectivity index (χ4n) is 5.08. The smallest absolute Gasteiger partial charge is 0.357 e. The van der Waals surface area contributed by atoms with Crippen LogP contribution in [0.1, 0.15) is 36.4 Å². The van der Waals surface area contributed by atoms with Crippen LogP contribution in [0.3, 0.4) is 0 Å². The number of nitrogens with zero attached hydrogens (tertiary/aromatic N) is 2. The molecule has 2 aromatic carbocycles. The van der Waals surface area contributed by atoms with Gasteiger partial charge in [0.25, 0.3) is 0 Å². The summed E-state index contributed by atoms with van der Waals surface area (Å²) in [6, 6.07) is 11.0. The maximum absolute atomic E-state index is 13.8. The third-order valence-electron chi connectivity index (χ3n) is 6.92. The zero-order chi connectivity index (χ0) is 25.2. The van der Waals surface area contributed by atoms with E-state index in [-0.39, 0.29) is 17.2 Å². The number of hydrogen-bond acceptors (Lipinski definition) is 5. The average Bonchev–Trinajstić information content (AvgIpc) is 3.18. The van der Waals surface area contributed by atoms with E-state index in [0.717, 1.165) is 64.2 Å². The van der Waals surface area contributed by atoms with Crippen LogP contribution in [0.15, 0.2) is 53.6 Å². The molecule has 0 amide bonds. The summed E-state index contributed by atoms with van der Waals surface area (Å²) in [5.74, 6) is 2.41. The van der Waals surface area contributed by atoms with Crippen LogP contribution in [0.2, 0.25) is 0 Å². The fourth-order valence-corrected chi connectivity index (χ4v) is 5.40. The standard InChI is InChI=1S/C27H20FN3O4S/c1-3-16-7-8-20-23(10-16)30-27-25(20)26(32)22-9-15(2)21(12-24(22)31(27)18-5-4-6-18)17-11-19(14-29-13-17)35-36(28,33)34/h1,7-14,18,30H,4-6H2,2H3. The zero-order valence-corrected chi connectivity index (χ0v) is 20.0. The minimum absolute atomic E-state index is 0.0799. The number of nitrogens with one attached hydrogen (secondary N) is 1. The lowest BCUT2D eigenvalue weighted by Gasteiger charge is -2.31. The predicted octanol–water partition coefficient (Wildman–Crippen LogP) is 5.31. The van der Waals surface area contributed by atoms with Crippen molar-refractivity contribution in [2.45, 2.75) is 32.2 Å². The number of aryl methyl sites for hydroxylation is 1. The maximum Gasteiger partial charge on any atom is 0.488 e. The first-order valence-electron chi connectivity index (χ1n) is 11.4. The molecule has 36 heavy (non-hydrogen) atoms. The van der Waals surface area contributed by atoms with E-state index < -0.39 is 10.5 Å². The Bertz CT molecular complexity index is 1930. The molecule has 0 aliphatic heterocycles. The fraction of sp³-hybridized carbons (Fsp3) is 0.185. The Kier molecular flexibility index (Phi) is 4.92. The molecule has 0 saturated heterocycles. The molecule has 7 nitrogen and oxygen atoms in total. The molecule has 1 aliphatic carbocycles. The van der Waals surface area contributed by atoms with E-state index >= 15 is 0 Å². The summed E-state index contributed by atoms with van der Waals surface area (Å²) < 4.78 is 41.6. The largest absolute Gasteiger partial charge is 0.488 e. The van der Waals surface area contributed by atoms with Crippen molar-refractivity contribution in [3.8, 4) is 29.2 Å². The molecule has 0 spiro atoms. The molecule has 1 saturated carbocycles. The summed E-state index contributed by atoms with van der Waals surface area (Å²) in [6.45, 7) is 1.86. The summed E-state index contributed by atoms with van der Waals surface area (Å²) in [4.78, 5) is 21.3. The molecule has 9 heteroatoms. The number of benzene rings is 2. The minimum atomic E-state index is -5.18. The first kappa shape index (κ1) is 22.3. The van der Waals surface area contributed by atoms with Crippen molar-refractivity contribution in [1.29, 1.82) is 0 Å². The normalized spacial score (nSPS) is 14.2. The Morgan fingerprint density at radius 3 is 2.67 bits per heavy atom. The van der Waals surface area contributed by atoms with Gasteiger partial charge in [0.05, 0.1) is 17.1 Å². The van der Waals surface area contributed by atoms with Gasteiger partial charge in [-0.05, 0) is 67.6 Å². The molecule has 5 aromatic rings. The number of fused-ring (bicyclic) bond motifs is 4. The molecule has 3 aromatic heterocycles. The van der Waals surface area contributed by atoms with Crippen molar-refractivity contribution in [2.24, 2.45) is 0 Å². The molecule has 0 unspecified atom stereocenters. The van der Waals surface area contributed by atoms with Crippen molar-refractivity contribution in [3.05, 3.63) is 70.1 Å². The molecule has 0 atom stereocenters. The third-order valence-corrected chi connectivity index (χ3v) is 7.31. The topological polar surface area (TPSA) is 94.1 Å². The van der Waals surface area contributed by atoms with E-state index in [4.69, 9.17) is 6.42 Å². The van der Waals surface area contributed by atoms with Crippen molar-refractivity contribution < 1.29 is 16.5 Å². The molecule has 3 heterocycles. The predicted molar refractivity (Wildman–Crippen MR) is 137 cm³/mol. The van der Waals surface area contributed by atoms with Crippen LogP contribution >= 0.6 is 0 Å². The highest BCUT2D eigenvalue weighted by Crippen LogP contribution is 2.39. The molecule has 0 bridgehead atoms.